The van der Waals surface area contributed by atoms with Gasteiger partial charge in [0, 0.05) is 19.4 Å². The van der Waals surface area contributed by atoms with Crippen LogP contribution in [-0.4, -0.2) is 68.4 Å². The number of halogens is 1. The molecule has 8 heteroatoms. The molecule has 0 saturated heterocycles. The number of carbonyl (C=O) groups excluding carboxylic acids is 1. The molecule has 0 bridgehead atoms. The first-order valence-corrected chi connectivity index (χ1v) is 9.61. The van der Waals surface area contributed by atoms with Crippen molar-refractivity contribution >= 4 is 23.3 Å². The number of methoxy groups -OCH3 is 1. The van der Waals surface area contributed by atoms with E-state index in [1.807, 2.05) is 25.9 Å². The zero-order chi connectivity index (χ0) is 20.7. The number of allylic oxidation sites excluding steroid dienone is 1. The molecule has 0 unspecified atom stereocenters. The third kappa shape index (κ3) is 5.73. The Kier molecular flexibility index (Phi) is 8.35. The third-order valence-corrected chi connectivity index (χ3v) is 4.84. The second-order valence-electron chi connectivity index (χ2n) is 6.87. The predicted octanol–water partition coefficient (Wildman–Crippen LogP) is 2.47. The number of nitrogens with one attached hydrogen (secondary N) is 1. The zero-order valence-corrected chi connectivity index (χ0v) is 17.6. The van der Waals surface area contributed by atoms with E-state index in [0.717, 1.165) is 18.7 Å². The van der Waals surface area contributed by atoms with Crippen LogP contribution in [0.5, 0.6) is 0 Å². The summed E-state index contributed by atoms with van der Waals surface area (Å²) in [6.45, 7) is 3.87. The quantitative estimate of drug-likeness (QED) is 0.382. The molecule has 0 spiro atoms. The molecule has 2 rings (SSSR count). The van der Waals surface area contributed by atoms with Crippen LogP contribution in [0.2, 0.25) is 0 Å². The first kappa shape index (κ1) is 22.3. The molecule has 1 heterocycles. The van der Waals surface area contributed by atoms with Crippen LogP contribution in [-0.2, 0) is 14.3 Å². The fourth-order valence-electron chi connectivity index (χ4n) is 3.09. The summed E-state index contributed by atoms with van der Waals surface area (Å²) in [5, 5.41) is 3.70. The molecule has 6 nitrogen and oxygen atoms in total. The van der Waals surface area contributed by atoms with E-state index >= 15 is 0 Å². The summed E-state index contributed by atoms with van der Waals surface area (Å²) in [5.74, 6) is -0.834. The SMILES string of the molecule is COCCOC(=O)C1=C(C)N(CCCN(C)C)C(=S)N[C@@H]1c1cccc(F)c1. The largest absolute Gasteiger partial charge is 0.460 e. The molecule has 1 aliphatic rings. The highest BCUT2D eigenvalue weighted by Crippen LogP contribution is 2.31. The Labute approximate surface area is 171 Å². The van der Waals surface area contributed by atoms with Crippen molar-refractivity contribution in [3.63, 3.8) is 0 Å². The van der Waals surface area contributed by atoms with E-state index in [0.29, 0.717) is 29.4 Å². The van der Waals surface area contributed by atoms with Crippen LogP contribution in [0.4, 0.5) is 4.39 Å². The van der Waals surface area contributed by atoms with E-state index in [4.69, 9.17) is 21.7 Å². The summed E-state index contributed by atoms with van der Waals surface area (Å²) in [7, 11) is 5.56. The van der Waals surface area contributed by atoms with Gasteiger partial charge in [-0.1, -0.05) is 12.1 Å². The Morgan fingerprint density at radius 3 is 2.75 bits per heavy atom. The maximum absolute atomic E-state index is 13.8. The van der Waals surface area contributed by atoms with Crippen LogP contribution in [0.3, 0.4) is 0 Å². The number of rotatable bonds is 9. The Bertz CT molecular complexity index is 739. The smallest absolute Gasteiger partial charge is 0.338 e. The van der Waals surface area contributed by atoms with Gasteiger partial charge in [0.2, 0.25) is 0 Å². The topological polar surface area (TPSA) is 54.0 Å². The highest BCUT2D eigenvalue weighted by Gasteiger charge is 2.34. The van der Waals surface area contributed by atoms with Gasteiger partial charge in [0.1, 0.15) is 12.4 Å². The van der Waals surface area contributed by atoms with Crippen LogP contribution in [0.15, 0.2) is 35.5 Å². The van der Waals surface area contributed by atoms with Gasteiger partial charge in [0.25, 0.3) is 0 Å². The van der Waals surface area contributed by atoms with Crippen LogP contribution < -0.4 is 5.32 Å². The van der Waals surface area contributed by atoms with Gasteiger partial charge < -0.3 is 24.6 Å². The molecule has 1 aromatic rings. The van der Waals surface area contributed by atoms with Crippen molar-refractivity contribution in [1.29, 1.82) is 0 Å². The molecule has 1 aliphatic heterocycles. The number of ether oxygens (including phenoxy) is 2. The molecule has 154 valence electrons. The summed E-state index contributed by atoms with van der Waals surface area (Å²) in [6, 6.07) is 5.58. The fourth-order valence-corrected chi connectivity index (χ4v) is 3.44. The maximum Gasteiger partial charge on any atom is 0.338 e. The number of benzene rings is 1. The summed E-state index contributed by atoms with van der Waals surface area (Å²) in [6.07, 6.45) is 0.878. The number of hydrogen-bond donors (Lipinski definition) is 1. The summed E-state index contributed by atoms with van der Waals surface area (Å²) in [4.78, 5) is 16.8. The van der Waals surface area contributed by atoms with Crippen molar-refractivity contribution in [1.82, 2.24) is 15.1 Å². The Balaban J connectivity index is 2.35. The van der Waals surface area contributed by atoms with Crippen LogP contribution in [0, 0.1) is 5.82 Å². The van der Waals surface area contributed by atoms with E-state index in [9.17, 15) is 9.18 Å². The van der Waals surface area contributed by atoms with Crippen molar-refractivity contribution in [3.8, 4) is 0 Å². The van der Waals surface area contributed by atoms with Crippen LogP contribution >= 0.6 is 12.2 Å². The number of esters is 1. The van der Waals surface area contributed by atoms with E-state index in [2.05, 4.69) is 10.2 Å². The maximum atomic E-state index is 13.8. The molecule has 1 atom stereocenters. The van der Waals surface area contributed by atoms with Gasteiger partial charge in [-0.05, 0) is 63.9 Å². The molecule has 0 fully saturated rings. The van der Waals surface area contributed by atoms with Gasteiger partial charge >= 0.3 is 5.97 Å². The lowest BCUT2D eigenvalue weighted by atomic mass is 9.95. The van der Waals surface area contributed by atoms with Gasteiger partial charge in [0.05, 0.1) is 18.2 Å². The molecule has 0 amide bonds. The number of thiocarbonyl (C=S) groups is 1. The van der Waals surface area contributed by atoms with Crippen molar-refractivity contribution in [3.05, 3.63) is 46.9 Å². The molecule has 0 saturated carbocycles. The molecule has 1 N–H and O–H groups in total. The number of hydrogen-bond acceptors (Lipinski definition) is 5. The molecule has 0 radical (unpaired) electrons. The molecular formula is C20H28FN3O3S. The lowest BCUT2D eigenvalue weighted by Crippen LogP contribution is -2.48. The first-order chi connectivity index (χ1) is 13.3. The standard InChI is InChI=1S/C20H28FN3O3S/c1-14-17(19(25)27-12-11-26-4)18(15-7-5-8-16(21)13-15)22-20(28)24(14)10-6-9-23(2)3/h5,7-8,13,18H,6,9-12H2,1-4H3,(H,22,28)/t18-/m1/s1. The minimum Gasteiger partial charge on any atom is -0.460 e. The summed E-state index contributed by atoms with van der Waals surface area (Å²) < 4.78 is 24.1. The molecular weight excluding hydrogens is 381 g/mol. The van der Waals surface area contributed by atoms with Crippen molar-refractivity contribution < 1.29 is 18.7 Å². The second kappa shape index (κ2) is 10.5. The average molecular weight is 410 g/mol. The lowest BCUT2D eigenvalue weighted by Gasteiger charge is -2.37. The Morgan fingerprint density at radius 1 is 1.36 bits per heavy atom. The third-order valence-electron chi connectivity index (χ3n) is 4.51. The van der Waals surface area contributed by atoms with E-state index in [1.165, 1.54) is 12.1 Å². The Morgan fingerprint density at radius 2 is 2.11 bits per heavy atom. The molecule has 28 heavy (non-hydrogen) atoms. The minimum absolute atomic E-state index is 0.146. The number of nitrogens with zero attached hydrogens (tertiary/aromatic N) is 2. The van der Waals surface area contributed by atoms with Crippen molar-refractivity contribution in [2.24, 2.45) is 0 Å². The van der Waals surface area contributed by atoms with Crippen molar-refractivity contribution in [2.75, 3.05) is 47.5 Å². The van der Waals surface area contributed by atoms with E-state index in [1.54, 1.807) is 19.2 Å². The van der Waals surface area contributed by atoms with Crippen molar-refractivity contribution in [2.45, 2.75) is 19.4 Å². The van der Waals surface area contributed by atoms with E-state index < -0.39 is 12.0 Å². The van der Waals surface area contributed by atoms with Crippen LogP contribution in [0.1, 0.15) is 24.9 Å². The van der Waals surface area contributed by atoms with Gasteiger partial charge in [-0.2, -0.15) is 0 Å². The molecule has 1 aromatic carbocycles. The lowest BCUT2D eigenvalue weighted by molar-refractivity contribution is -0.140. The first-order valence-electron chi connectivity index (χ1n) is 9.20. The normalized spacial score (nSPS) is 17.1. The average Bonchev–Trinajstić information content (AvgIpc) is 2.63. The highest BCUT2D eigenvalue weighted by molar-refractivity contribution is 7.80. The van der Waals surface area contributed by atoms with E-state index in [-0.39, 0.29) is 12.4 Å². The van der Waals surface area contributed by atoms with Crippen LogP contribution in [0.25, 0.3) is 0 Å². The van der Waals surface area contributed by atoms with Gasteiger partial charge in [-0.25, -0.2) is 9.18 Å². The highest BCUT2D eigenvalue weighted by atomic mass is 32.1. The fraction of sp³-hybridized carbons (Fsp3) is 0.500. The minimum atomic E-state index is -0.566. The van der Waals surface area contributed by atoms with Gasteiger partial charge in [-0.3, -0.25) is 0 Å². The molecule has 0 aromatic heterocycles. The summed E-state index contributed by atoms with van der Waals surface area (Å²) >= 11 is 5.54. The molecule has 0 aliphatic carbocycles. The Hall–Kier alpha value is -2.03. The number of carbonyl (C=O) groups is 1. The monoisotopic (exact) mass is 409 g/mol. The van der Waals surface area contributed by atoms with Gasteiger partial charge in [0.15, 0.2) is 5.11 Å². The predicted molar refractivity (Wildman–Crippen MR) is 110 cm³/mol. The summed E-state index contributed by atoms with van der Waals surface area (Å²) in [5.41, 5.74) is 1.77. The van der Waals surface area contributed by atoms with Gasteiger partial charge in [-0.15, -0.1) is 0 Å². The second-order valence-corrected chi connectivity index (χ2v) is 7.26. The zero-order valence-electron chi connectivity index (χ0n) is 16.8.